The third-order valence-electron chi connectivity index (χ3n) is 1.71. The maximum absolute atomic E-state index is 13.4. The largest absolute Gasteiger partial charge is 0.236 e. The molecule has 1 aromatic heterocycles. The van der Waals surface area contributed by atoms with Gasteiger partial charge in [0, 0.05) is 10.7 Å². The van der Waals surface area contributed by atoms with Crippen molar-refractivity contribution in [3.8, 4) is 5.69 Å². The van der Waals surface area contributed by atoms with Crippen LogP contribution in [0.1, 0.15) is 0 Å². The Hall–Kier alpha value is -0.870. The average Bonchev–Trinajstić information content (AvgIpc) is 2.51. The van der Waals surface area contributed by atoms with E-state index >= 15 is 0 Å². The summed E-state index contributed by atoms with van der Waals surface area (Å²) in [7, 11) is 0. The summed E-state index contributed by atoms with van der Waals surface area (Å²) in [6.45, 7) is 0. The summed E-state index contributed by atoms with van der Waals surface area (Å²) < 4.78 is 15.5. The zero-order valence-corrected chi connectivity index (χ0v) is 9.26. The molecular weight excluding hydrogens is 270 g/mol. The molecule has 0 atom stereocenters. The Bertz CT molecular complexity index is 470. The molecule has 14 heavy (non-hydrogen) atoms. The fourth-order valence-corrected chi connectivity index (χ4v) is 1.57. The topological polar surface area (TPSA) is 17.8 Å². The van der Waals surface area contributed by atoms with Crippen LogP contribution in [-0.2, 0) is 0 Å². The SMILES string of the molecule is Fc1cc(Br)ccc1-n1cc(Cl)cn1. The molecule has 2 nitrogen and oxygen atoms in total. The first-order chi connectivity index (χ1) is 6.66. The van der Waals surface area contributed by atoms with Crippen LogP contribution in [0.5, 0.6) is 0 Å². The molecule has 0 aliphatic carbocycles. The lowest BCUT2D eigenvalue weighted by Crippen LogP contribution is -1.97. The minimum atomic E-state index is -0.348. The van der Waals surface area contributed by atoms with Crippen LogP contribution in [-0.4, -0.2) is 9.78 Å². The van der Waals surface area contributed by atoms with Crippen molar-refractivity contribution < 1.29 is 4.39 Å². The monoisotopic (exact) mass is 274 g/mol. The standard InChI is InChI=1S/C9H5BrClFN2/c10-6-1-2-9(8(12)3-6)14-5-7(11)4-13-14/h1-5H. The summed E-state index contributed by atoms with van der Waals surface area (Å²) >= 11 is 8.86. The predicted octanol–water partition coefficient (Wildman–Crippen LogP) is 3.43. The second-order valence-electron chi connectivity index (χ2n) is 2.70. The molecule has 0 spiro atoms. The second-order valence-corrected chi connectivity index (χ2v) is 4.05. The molecule has 0 saturated heterocycles. The summed E-state index contributed by atoms with van der Waals surface area (Å²) in [6.07, 6.45) is 3.01. The van der Waals surface area contributed by atoms with E-state index in [9.17, 15) is 4.39 Å². The van der Waals surface area contributed by atoms with Crippen molar-refractivity contribution in [1.82, 2.24) is 9.78 Å². The zero-order chi connectivity index (χ0) is 10.1. The van der Waals surface area contributed by atoms with Gasteiger partial charge in [0.05, 0.1) is 11.2 Å². The third kappa shape index (κ3) is 1.81. The first-order valence-electron chi connectivity index (χ1n) is 3.82. The Balaban J connectivity index is 2.52. The van der Waals surface area contributed by atoms with Crippen LogP contribution in [0.3, 0.4) is 0 Å². The number of hydrogen-bond acceptors (Lipinski definition) is 1. The summed E-state index contributed by atoms with van der Waals surface area (Å²) in [5, 5.41) is 4.38. The van der Waals surface area contributed by atoms with Crippen molar-refractivity contribution in [2.75, 3.05) is 0 Å². The fraction of sp³-hybridized carbons (Fsp3) is 0. The van der Waals surface area contributed by atoms with Crippen LogP contribution < -0.4 is 0 Å². The molecule has 0 N–H and O–H groups in total. The van der Waals surface area contributed by atoms with E-state index in [1.165, 1.54) is 16.9 Å². The van der Waals surface area contributed by atoms with Gasteiger partial charge in [-0.05, 0) is 18.2 Å². The molecule has 0 bridgehead atoms. The predicted molar refractivity (Wildman–Crippen MR) is 56.2 cm³/mol. The maximum atomic E-state index is 13.4. The smallest absolute Gasteiger partial charge is 0.149 e. The Morgan fingerprint density at radius 1 is 1.43 bits per heavy atom. The van der Waals surface area contributed by atoms with Crippen LogP contribution in [0.25, 0.3) is 5.69 Å². The highest BCUT2D eigenvalue weighted by molar-refractivity contribution is 9.10. The van der Waals surface area contributed by atoms with E-state index in [4.69, 9.17) is 11.6 Å². The maximum Gasteiger partial charge on any atom is 0.149 e. The molecule has 0 fully saturated rings. The molecule has 0 amide bonds. The van der Waals surface area contributed by atoms with E-state index in [0.29, 0.717) is 15.2 Å². The summed E-state index contributed by atoms with van der Waals surface area (Å²) in [4.78, 5) is 0. The van der Waals surface area contributed by atoms with Gasteiger partial charge in [-0.25, -0.2) is 9.07 Å². The Labute approximate surface area is 93.4 Å². The summed E-state index contributed by atoms with van der Waals surface area (Å²) in [5.41, 5.74) is 0.375. The van der Waals surface area contributed by atoms with E-state index in [0.717, 1.165) is 0 Å². The molecule has 0 saturated carbocycles. The van der Waals surface area contributed by atoms with E-state index in [2.05, 4.69) is 21.0 Å². The first-order valence-corrected chi connectivity index (χ1v) is 4.99. The van der Waals surface area contributed by atoms with Crippen LogP contribution in [0.15, 0.2) is 35.1 Å². The first kappa shape index (κ1) is 9.68. The van der Waals surface area contributed by atoms with Gasteiger partial charge in [0.2, 0.25) is 0 Å². The van der Waals surface area contributed by atoms with Crippen molar-refractivity contribution in [2.45, 2.75) is 0 Å². The Kier molecular flexibility index (Phi) is 2.56. The molecular formula is C9H5BrClFN2. The van der Waals surface area contributed by atoms with E-state index in [1.807, 2.05) is 0 Å². The lowest BCUT2D eigenvalue weighted by molar-refractivity contribution is 0.610. The number of rotatable bonds is 1. The number of halogens is 3. The molecule has 0 radical (unpaired) electrons. The molecule has 0 aliphatic heterocycles. The molecule has 1 aromatic carbocycles. The van der Waals surface area contributed by atoms with Crippen LogP contribution in [0, 0.1) is 5.82 Å². The van der Waals surface area contributed by atoms with Gasteiger partial charge in [-0.1, -0.05) is 27.5 Å². The number of nitrogens with zero attached hydrogens (tertiary/aromatic N) is 2. The molecule has 0 aliphatic rings. The van der Waals surface area contributed by atoms with E-state index in [1.54, 1.807) is 18.3 Å². The molecule has 2 rings (SSSR count). The van der Waals surface area contributed by atoms with Gasteiger partial charge >= 0.3 is 0 Å². The van der Waals surface area contributed by atoms with Gasteiger partial charge in [0.25, 0.3) is 0 Å². The quantitative estimate of drug-likeness (QED) is 0.780. The van der Waals surface area contributed by atoms with Crippen molar-refractivity contribution in [3.63, 3.8) is 0 Å². The number of hydrogen-bond donors (Lipinski definition) is 0. The third-order valence-corrected chi connectivity index (χ3v) is 2.40. The van der Waals surface area contributed by atoms with Crippen molar-refractivity contribution >= 4 is 27.5 Å². The average molecular weight is 276 g/mol. The fourth-order valence-electron chi connectivity index (χ4n) is 1.10. The van der Waals surface area contributed by atoms with Crippen molar-refractivity contribution in [2.24, 2.45) is 0 Å². The van der Waals surface area contributed by atoms with Gasteiger partial charge < -0.3 is 0 Å². The summed E-state index contributed by atoms with van der Waals surface area (Å²) in [6, 6.07) is 4.75. The van der Waals surface area contributed by atoms with Gasteiger partial charge in [-0.15, -0.1) is 0 Å². The highest BCUT2D eigenvalue weighted by Crippen LogP contribution is 2.19. The van der Waals surface area contributed by atoms with Crippen molar-refractivity contribution in [3.05, 3.63) is 45.9 Å². The summed E-state index contributed by atoms with van der Waals surface area (Å²) in [5.74, 6) is -0.348. The van der Waals surface area contributed by atoms with Crippen LogP contribution in [0.2, 0.25) is 5.02 Å². The highest BCUT2D eigenvalue weighted by atomic mass is 79.9. The lowest BCUT2D eigenvalue weighted by Gasteiger charge is -2.02. The van der Waals surface area contributed by atoms with E-state index < -0.39 is 0 Å². The highest BCUT2D eigenvalue weighted by Gasteiger charge is 2.05. The molecule has 72 valence electrons. The van der Waals surface area contributed by atoms with Crippen LogP contribution >= 0.6 is 27.5 Å². The minimum absolute atomic E-state index is 0.348. The minimum Gasteiger partial charge on any atom is -0.236 e. The van der Waals surface area contributed by atoms with E-state index in [-0.39, 0.29) is 5.82 Å². The van der Waals surface area contributed by atoms with Gasteiger partial charge in [0.15, 0.2) is 0 Å². The Morgan fingerprint density at radius 3 is 2.79 bits per heavy atom. The van der Waals surface area contributed by atoms with Gasteiger partial charge in [-0.3, -0.25) is 0 Å². The van der Waals surface area contributed by atoms with Gasteiger partial charge in [-0.2, -0.15) is 5.10 Å². The number of aromatic nitrogens is 2. The van der Waals surface area contributed by atoms with Gasteiger partial charge in [0.1, 0.15) is 11.5 Å². The zero-order valence-electron chi connectivity index (χ0n) is 6.92. The Morgan fingerprint density at radius 2 is 2.21 bits per heavy atom. The molecule has 5 heteroatoms. The lowest BCUT2D eigenvalue weighted by atomic mass is 10.3. The molecule has 1 heterocycles. The molecule has 2 aromatic rings. The van der Waals surface area contributed by atoms with Crippen molar-refractivity contribution in [1.29, 1.82) is 0 Å². The molecule has 0 unspecified atom stereocenters. The normalized spacial score (nSPS) is 10.5. The second kappa shape index (κ2) is 3.71. The number of benzene rings is 1. The van der Waals surface area contributed by atoms with Crippen LogP contribution in [0.4, 0.5) is 4.39 Å².